The van der Waals surface area contributed by atoms with E-state index in [4.69, 9.17) is 4.42 Å². The molecule has 1 atom stereocenters. The number of nitrogens with zero attached hydrogens (tertiary/aromatic N) is 6. The number of aromatic nitrogens is 4. The second-order valence-electron chi connectivity index (χ2n) is 8.39. The number of benzene rings is 1. The highest BCUT2D eigenvalue weighted by Gasteiger charge is 2.33. The minimum absolute atomic E-state index is 0.0287. The van der Waals surface area contributed by atoms with Crippen molar-refractivity contribution in [2.75, 3.05) is 26.2 Å². The van der Waals surface area contributed by atoms with Crippen molar-refractivity contribution >= 4 is 5.91 Å². The predicted octanol–water partition coefficient (Wildman–Crippen LogP) is 3.32. The molecule has 0 N–H and O–H groups in total. The molecule has 31 heavy (non-hydrogen) atoms. The van der Waals surface area contributed by atoms with Gasteiger partial charge in [0, 0.05) is 26.2 Å². The first-order valence-electron chi connectivity index (χ1n) is 11.2. The lowest BCUT2D eigenvalue weighted by Gasteiger charge is -2.39. The fraction of sp³-hybridized carbons (Fsp3) is 0.478. The van der Waals surface area contributed by atoms with Crippen LogP contribution in [0.3, 0.4) is 0 Å². The summed E-state index contributed by atoms with van der Waals surface area (Å²) in [6.45, 7) is 2.80. The number of carbonyl (C=O) groups excluding carboxylic acids is 1. The highest BCUT2D eigenvalue weighted by Crippen LogP contribution is 2.33. The molecule has 0 unspecified atom stereocenters. The Morgan fingerprint density at radius 2 is 1.74 bits per heavy atom. The minimum atomic E-state index is -0.0482. The number of hydrogen-bond donors (Lipinski definition) is 0. The van der Waals surface area contributed by atoms with Gasteiger partial charge in [-0.1, -0.05) is 49.6 Å². The van der Waals surface area contributed by atoms with Crippen molar-refractivity contribution in [1.82, 2.24) is 30.0 Å². The Morgan fingerprint density at radius 1 is 0.968 bits per heavy atom. The zero-order valence-electron chi connectivity index (χ0n) is 17.6. The molecule has 2 fully saturated rings. The predicted molar refractivity (Wildman–Crippen MR) is 114 cm³/mol. The molecule has 0 spiro atoms. The van der Waals surface area contributed by atoms with Crippen LogP contribution in [-0.2, 0) is 0 Å². The van der Waals surface area contributed by atoms with Crippen LogP contribution in [0, 0.1) is 0 Å². The van der Waals surface area contributed by atoms with E-state index < -0.39 is 0 Å². The third-order valence-corrected chi connectivity index (χ3v) is 6.50. The molecule has 5 rings (SSSR count). The van der Waals surface area contributed by atoms with Crippen molar-refractivity contribution in [2.24, 2.45) is 0 Å². The Labute approximate surface area is 181 Å². The molecule has 1 aliphatic carbocycles. The lowest BCUT2D eigenvalue weighted by atomic mass is 9.95. The van der Waals surface area contributed by atoms with Crippen molar-refractivity contribution < 1.29 is 9.21 Å². The van der Waals surface area contributed by atoms with Gasteiger partial charge in [-0.05, 0) is 41.0 Å². The van der Waals surface area contributed by atoms with Crippen LogP contribution in [0.2, 0.25) is 0 Å². The molecule has 1 saturated heterocycles. The van der Waals surface area contributed by atoms with Crippen molar-refractivity contribution in [3.63, 3.8) is 0 Å². The number of tetrazole rings is 1. The molecular formula is C23H28N6O2. The van der Waals surface area contributed by atoms with E-state index in [1.54, 1.807) is 18.4 Å². The van der Waals surface area contributed by atoms with Crippen LogP contribution in [0.5, 0.6) is 0 Å². The van der Waals surface area contributed by atoms with Crippen molar-refractivity contribution in [3.8, 4) is 0 Å². The number of amides is 1. The average Bonchev–Trinajstić information content (AvgIpc) is 3.54. The molecule has 1 amide bonds. The number of furan rings is 1. The maximum absolute atomic E-state index is 12.7. The van der Waals surface area contributed by atoms with Crippen LogP contribution in [-0.4, -0.2) is 62.1 Å². The van der Waals surface area contributed by atoms with Crippen molar-refractivity contribution in [1.29, 1.82) is 0 Å². The van der Waals surface area contributed by atoms with Gasteiger partial charge in [-0.3, -0.25) is 9.69 Å². The number of carbonyl (C=O) groups is 1. The average molecular weight is 421 g/mol. The fourth-order valence-electron chi connectivity index (χ4n) is 4.86. The van der Waals surface area contributed by atoms with E-state index in [-0.39, 0.29) is 11.9 Å². The summed E-state index contributed by atoms with van der Waals surface area (Å²) in [4.78, 5) is 16.9. The molecule has 0 radical (unpaired) electrons. The van der Waals surface area contributed by atoms with E-state index in [2.05, 4.69) is 49.4 Å². The first-order valence-corrected chi connectivity index (χ1v) is 11.2. The quantitative estimate of drug-likeness (QED) is 0.630. The van der Waals surface area contributed by atoms with Gasteiger partial charge in [0.15, 0.2) is 11.6 Å². The standard InChI is InChI=1S/C23H28N6O2/c30-23(20-12-7-17-31-20)28-15-13-27(14-16-28)21(18-8-3-1-4-9-18)22-24-25-26-29(22)19-10-5-2-6-11-19/h1,3-4,7-9,12,17,19,21H,2,5-6,10-11,13-16H2/t21-/m0/s1. The summed E-state index contributed by atoms with van der Waals surface area (Å²) in [6.07, 6.45) is 7.55. The Kier molecular flexibility index (Phi) is 5.80. The van der Waals surface area contributed by atoms with Crippen molar-refractivity contribution in [3.05, 3.63) is 65.9 Å². The number of hydrogen-bond acceptors (Lipinski definition) is 6. The summed E-state index contributed by atoms with van der Waals surface area (Å²) in [5.41, 5.74) is 1.18. The molecule has 8 nitrogen and oxygen atoms in total. The minimum Gasteiger partial charge on any atom is -0.459 e. The van der Waals surface area contributed by atoms with Gasteiger partial charge in [0.05, 0.1) is 18.3 Å². The summed E-state index contributed by atoms with van der Waals surface area (Å²) in [5, 5.41) is 13.0. The Morgan fingerprint density at radius 3 is 2.45 bits per heavy atom. The van der Waals surface area contributed by atoms with E-state index in [1.807, 2.05) is 11.0 Å². The topological polar surface area (TPSA) is 80.3 Å². The first-order chi connectivity index (χ1) is 15.3. The zero-order chi connectivity index (χ0) is 21.0. The molecule has 1 aromatic carbocycles. The maximum Gasteiger partial charge on any atom is 0.289 e. The van der Waals surface area contributed by atoms with Crippen LogP contribution in [0.1, 0.15) is 66.1 Å². The Balaban J connectivity index is 1.39. The van der Waals surface area contributed by atoms with Gasteiger partial charge in [0.2, 0.25) is 0 Å². The summed E-state index contributed by atoms with van der Waals surface area (Å²) in [5.74, 6) is 1.26. The van der Waals surface area contributed by atoms with Crippen LogP contribution >= 0.6 is 0 Å². The van der Waals surface area contributed by atoms with Crippen LogP contribution in [0.15, 0.2) is 53.1 Å². The highest BCUT2D eigenvalue weighted by atomic mass is 16.3. The van der Waals surface area contributed by atoms with Gasteiger partial charge < -0.3 is 9.32 Å². The van der Waals surface area contributed by atoms with Gasteiger partial charge in [-0.2, -0.15) is 0 Å². The fourth-order valence-corrected chi connectivity index (χ4v) is 4.86. The second-order valence-corrected chi connectivity index (χ2v) is 8.39. The molecule has 162 valence electrons. The Hall–Kier alpha value is -3.00. The third kappa shape index (κ3) is 4.12. The van der Waals surface area contributed by atoms with E-state index in [9.17, 15) is 4.79 Å². The molecule has 2 aromatic heterocycles. The van der Waals surface area contributed by atoms with Gasteiger partial charge in [-0.25, -0.2) is 4.68 Å². The number of rotatable bonds is 5. The van der Waals surface area contributed by atoms with E-state index in [0.717, 1.165) is 31.8 Å². The monoisotopic (exact) mass is 420 g/mol. The highest BCUT2D eigenvalue weighted by molar-refractivity contribution is 5.91. The molecule has 3 heterocycles. The SMILES string of the molecule is O=C(c1ccco1)N1CCN([C@@H](c2ccccc2)c2nnnn2C2CCCCC2)CC1. The van der Waals surface area contributed by atoms with Crippen LogP contribution < -0.4 is 0 Å². The molecule has 2 aliphatic rings. The summed E-state index contributed by atoms with van der Waals surface area (Å²) in [7, 11) is 0. The molecular weight excluding hydrogens is 392 g/mol. The summed E-state index contributed by atoms with van der Waals surface area (Å²) >= 11 is 0. The molecule has 1 aliphatic heterocycles. The van der Waals surface area contributed by atoms with Gasteiger partial charge in [0.25, 0.3) is 5.91 Å². The maximum atomic E-state index is 12.7. The smallest absolute Gasteiger partial charge is 0.289 e. The van der Waals surface area contributed by atoms with E-state index in [0.29, 0.717) is 24.9 Å². The molecule has 3 aromatic rings. The van der Waals surface area contributed by atoms with Crippen LogP contribution in [0.4, 0.5) is 0 Å². The normalized spacial score (nSPS) is 19.4. The van der Waals surface area contributed by atoms with Gasteiger partial charge in [0.1, 0.15) is 0 Å². The van der Waals surface area contributed by atoms with E-state index >= 15 is 0 Å². The molecule has 1 saturated carbocycles. The number of piperazine rings is 1. The summed E-state index contributed by atoms with van der Waals surface area (Å²) < 4.78 is 7.37. The lowest BCUT2D eigenvalue weighted by Crippen LogP contribution is -2.50. The zero-order valence-corrected chi connectivity index (χ0v) is 17.6. The Bertz CT molecular complexity index is 973. The van der Waals surface area contributed by atoms with Crippen LogP contribution in [0.25, 0.3) is 0 Å². The molecule has 8 heteroatoms. The molecule has 0 bridgehead atoms. The largest absolute Gasteiger partial charge is 0.459 e. The van der Waals surface area contributed by atoms with Gasteiger partial charge >= 0.3 is 0 Å². The lowest BCUT2D eigenvalue weighted by molar-refractivity contribution is 0.0557. The summed E-state index contributed by atoms with van der Waals surface area (Å²) in [6, 6.07) is 14.3. The van der Waals surface area contributed by atoms with Crippen molar-refractivity contribution in [2.45, 2.75) is 44.2 Å². The second kappa shape index (κ2) is 9.01. The van der Waals surface area contributed by atoms with E-state index in [1.165, 1.54) is 24.8 Å². The first kappa shape index (κ1) is 19.9. The third-order valence-electron chi connectivity index (χ3n) is 6.50. The van der Waals surface area contributed by atoms with Gasteiger partial charge in [-0.15, -0.1) is 5.10 Å².